The molecule has 2 heterocycles. The summed E-state index contributed by atoms with van der Waals surface area (Å²) in [6.45, 7) is 6.06. The number of carbonyl (C=O) groups excluding carboxylic acids is 2. The molecule has 0 bridgehead atoms. The first kappa shape index (κ1) is 24.2. The van der Waals surface area contributed by atoms with E-state index in [2.05, 4.69) is 6.58 Å². The van der Waals surface area contributed by atoms with Crippen LogP contribution in [-0.4, -0.2) is 32.6 Å². The molecule has 1 atom stereocenters. The van der Waals surface area contributed by atoms with Crippen molar-refractivity contribution in [2.24, 2.45) is 0 Å². The van der Waals surface area contributed by atoms with E-state index < -0.39 is 5.92 Å². The summed E-state index contributed by atoms with van der Waals surface area (Å²) in [5.41, 5.74) is 3.28. The quantitative estimate of drug-likeness (QED) is 0.178. The van der Waals surface area contributed by atoms with Crippen LogP contribution >= 0.6 is 0 Å². The van der Waals surface area contributed by atoms with Crippen LogP contribution in [0.15, 0.2) is 72.5 Å². The van der Waals surface area contributed by atoms with Gasteiger partial charge in [0.2, 0.25) is 5.78 Å². The van der Waals surface area contributed by atoms with E-state index in [0.717, 1.165) is 11.1 Å². The summed E-state index contributed by atoms with van der Waals surface area (Å²) in [5.74, 6) is 1.39. The first-order valence-electron chi connectivity index (χ1n) is 11.8. The normalized spacial score (nSPS) is 16.9. The predicted molar refractivity (Wildman–Crippen MR) is 138 cm³/mol. The number of carbonyl (C=O) groups is 2. The average Bonchev–Trinajstić information content (AvgIpc) is 3.21. The minimum atomic E-state index is -0.486. The molecule has 188 valence electrons. The number of benzene rings is 3. The number of esters is 1. The second-order valence-corrected chi connectivity index (χ2v) is 8.89. The zero-order valence-electron chi connectivity index (χ0n) is 20.8. The maximum absolute atomic E-state index is 13.3. The number of ether oxygens (including phenoxy) is 5. The van der Waals surface area contributed by atoms with Gasteiger partial charge in [-0.15, -0.1) is 0 Å². The molecular formula is C30H26O7. The molecule has 2 aliphatic rings. The van der Waals surface area contributed by atoms with Crippen molar-refractivity contribution in [3.63, 3.8) is 0 Å². The number of rotatable bonds is 7. The second-order valence-electron chi connectivity index (χ2n) is 8.89. The van der Waals surface area contributed by atoms with Gasteiger partial charge in [-0.1, -0.05) is 36.9 Å². The van der Waals surface area contributed by atoms with Crippen LogP contribution in [0.5, 0.6) is 28.7 Å². The van der Waals surface area contributed by atoms with Crippen molar-refractivity contribution in [2.75, 3.05) is 20.8 Å². The third-order valence-corrected chi connectivity index (χ3v) is 6.27. The Hall–Kier alpha value is -4.52. The fourth-order valence-electron chi connectivity index (χ4n) is 4.62. The molecule has 3 aromatic carbocycles. The Labute approximate surface area is 214 Å². The minimum Gasteiger partial charge on any atom is -0.496 e. The average molecular weight is 499 g/mol. The summed E-state index contributed by atoms with van der Waals surface area (Å²) in [6.07, 6.45) is 1.70. The van der Waals surface area contributed by atoms with E-state index in [4.69, 9.17) is 23.7 Å². The van der Waals surface area contributed by atoms with Gasteiger partial charge in [0.1, 0.15) is 23.9 Å². The molecule has 0 aliphatic carbocycles. The van der Waals surface area contributed by atoms with Crippen LogP contribution in [-0.2, 0) is 4.79 Å². The van der Waals surface area contributed by atoms with Gasteiger partial charge in [-0.25, -0.2) is 0 Å². The number of fused-ring (bicyclic) bond motifs is 3. The predicted octanol–water partition coefficient (Wildman–Crippen LogP) is 5.72. The van der Waals surface area contributed by atoms with Gasteiger partial charge in [-0.3, -0.25) is 9.59 Å². The van der Waals surface area contributed by atoms with Gasteiger partial charge in [0.15, 0.2) is 17.3 Å². The summed E-state index contributed by atoms with van der Waals surface area (Å²) in [6, 6.07) is 16.1. The summed E-state index contributed by atoms with van der Waals surface area (Å²) in [7, 11) is 3.13. The van der Waals surface area contributed by atoms with E-state index in [9.17, 15) is 9.59 Å². The lowest BCUT2D eigenvalue weighted by atomic mass is 9.84. The van der Waals surface area contributed by atoms with Crippen LogP contribution in [0.1, 0.15) is 46.3 Å². The fourth-order valence-corrected chi connectivity index (χ4v) is 4.62. The zero-order chi connectivity index (χ0) is 26.1. The molecule has 2 aliphatic heterocycles. The third-order valence-electron chi connectivity index (χ3n) is 6.27. The van der Waals surface area contributed by atoms with Crippen LogP contribution in [0.4, 0.5) is 0 Å². The van der Waals surface area contributed by atoms with Crippen molar-refractivity contribution >= 4 is 17.8 Å². The first-order valence-corrected chi connectivity index (χ1v) is 11.8. The van der Waals surface area contributed by atoms with Gasteiger partial charge in [0.25, 0.3) is 0 Å². The summed E-state index contributed by atoms with van der Waals surface area (Å²) in [5, 5.41) is 0. The number of methoxy groups -OCH3 is 2. The van der Waals surface area contributed by atoms with Gasteiger partial charge in [0.05, 0.1) is 26.2 Å². The number of allylic oxidation sites excluding steroid dienone is 1. The molecule has 0 saturated carbocycles. The molecule has 7 heteroatoms. The van der Waals surface area contributed by atoms with Crippen molar-refractivity contribution in [1.82, 2.24) is 0 Å². The number of hydrogen-bond acceptors (Lipinski definition) is 7. The van der Waals surface area contributed by atoms with Gasteiger partial charge >= 0.3 is 5.97 Å². The second kappa shape index (κ2) is 9.85. The lowest BCUT2D eigenvalue weighted by Gasteiger charge is -2.28. The maximum Gasteiger partial charge on any atom is 0.312 e. The third kappa shape index (κ3) is 4.44. The Kier molecular flexibility index (Phi) is 6.44. The first-order chi connectivity index (χ1) is 17.9. The fraction of sp³-hybridized carbons (Fsp3) is 0.200. The lowest BCUT2D eigenvalue weighted by molar-refractivity contribution is -0.135. The molecular weight excluding hydrogens is 472 g/mol. The SMILES string of the molecule is C=C(C)COc1c(OC)cccc1[C@@H]1CC(=O)Oc2ccc3c(c21)O/C(=C\c1ccccc1OC)C3=O. The number of para-hydroxylation sites is 2. The van der Waals surface area contributed by atoms with Crippen LogP contribution in [0, 0.1) is 0 Å². The van der Waals surface area contributed by atoms with Crippen LogP contribution in [0.25, 0.3) is 6.08 Å². The van der Waals surface area contributed by atoms with E-state index in [1.165, 1.54) is 0 Å². The van der Waals surface area contributed by atoms with Crippen LogP contribution in [0.2, 0.25) is 0 Å². The lowest BCUT2D eigenvalue weighted by Crippen LogP contribution is -2.22. The summed E-state index contributed by atoms with van der Waals surface area (Å²) < 4.78 is 28.8. The van der Waals surface area contributed by atoms with Crippen molar-refractivity contribution in [3.8, 4) is 28.7 Å². The Morgan fingerprint density at radius 1 is 1.00 bits per heavy atom. The Morgan fingerprint density at radius 2 is 1.76 bits per heavy atom. The van der Waals surface area contributed by atoms with Crippen molar-refractivity contribution < 1.29 is 33.3 Å². The highest BCUT2D eigenvalue weighted by molar-refractivity contribution is 6.15. The minimum absolute atomic E-state index is 0.0448. The zero-order valence-corrected chi connectivity index (χ0v) is 20.8. The standard InChI is InChI=1S/C30H26O7/c1-17(2)16-35-29-19(9-7-11-24(29)34-4)21-15-26(31)36-23-13-12-20-28(32)25(37-30(20)27(21)23)14-18-8-5-6-10-22(18)33-3/h5-14,21H,1,15-16H2,2-4H3/b25-14-/t21-/m0/s1. The Morgan fingerprint density at radius 3 is 2.51 bits per heavy atom. The molecule has 0 amide bonds. The maximum atomic E-state index is 13.3. The van der Waals surface area contributed by atoms with E-state index in [1.807, 2.05) is 43.3 Å². The largest absolute Gasteiger partial charge is 0.496 e. The highest BCUT2D eigenvalue weighted by atomic mass is 16.5. The molecule has 0 spiro atoms. The van der Waals surface area contributed by atoms with Crippen LogP contribution in [0.3, 0.4) is 0 Å². The van der Waals surface area contributed by atoms with E-state index >= 15 is 0 Å². The van der Waals surface area contributed by atoms with E-state index in [0.29, 0.717) is 45.4 Å². The summed E-state index contributed by atoms with van der Waals surface area (Å²) in [4.78, 5) is 26.0. The molecule has 7 nitrogen and oxygen atoms in total. The molecule has 0 fully saturated rings. The monoisotopic (exact) mass is 498 g/mol. The van der Waals surface area contributed by atoms with Crippen molar-refractivity contribution in [1.29, 1.82) is 0 Å². The van der Waals surface area contributed by atoms with Gasteiger partial charge in [0, 0.05) is 22.6 Å². The number of hydrogen-bond donors (Lipinski definition) is 0. The molecule has 3 aromatic rings. The van der Waals surface area contributed by atoms with Crippen molar-refractivity contribution in [2.45, 2.75) is 19.3 Å². The highest BCUT2D eigenvalue weighted by Gasteiger charge is 2.40. The smallest absolute Gasteiger partial charge is 0.312 e. The van der Waals surface area contributed by atoms with Crippen LogP contribution < -0.4 is 23.7 Å². The van der Waals surface area contributed by atoms with Gasteiger partial charge in [-0.05, 0) is 42.8 Å². The molecule has 5 rings (SSSR count). The summed E-state index contributed by atoms with van der Waals surface area (Å²) >= 11 is 0. The van der Waals surface area contributed by atoms with Crippen molar-refractivity contribution in [3.05, 3.63) is 94.8 Å². The van der Waals surface area contributed by atoms with E-state index in [1.54, 1.807) is 38.5 Å². The molecule has 0 saturated heterocycles. The highest BCUT2D eigenvalue weighted by Crippen LogP contribution is 2.51. The van der Waals surface area contributed by atoms with Gasteiger partial charge in [-0.2, -0.15) is 0 Å². The Balaban J connectivity index is 1.63. The molecule has 37 heavy (non-hydrogen) atoms. The molecule has 0 unspecified atom stereocenters. The molecule has 0 radical (unpaired) electrons. The number of Topliss-reactive ketones (excluding diaryl/α,β-unsaturated/α-hetero) is 1. The van der Waals surface area contributed by atoms with E-state index in [-0.39, 0.29) is 30.5 Å². The molecule has 0 aromatic heterocycles. The Bertz CT molecular complexity index is 1450. The topological polar surface area (TPSA) is 80.3 Å². The van der Waals surface area contributed by atoms with Gasteiger partial charge < -0.3 is 23.7 Å². The molecule has 0 N–H and O–H groups in total. The number of ketones is 1.